The van der Waals surface area contributed by atoms with Crippen LogP contribution in [0.4, 0.5) is 0 Å². The molecule has 0 bridgehead atoms. The number of carbonyl (C=O) groups is 1. The van der Waals surface area contributed by atoms with Crippen molar-refractivity contribution in [3.63, 3.8) is 0 Å². The molecule has 0 saturated heterocycles. The van der Waals surface area contributed by atoms with Crippen LogP contribution >= 0.6 is 11.8 Å². The van der Waals surface area contributed by atoms with Crippen LogP contribution in [0.25, 0.3) is 11.4 Å². The van der Waals surface area contributed by atoms with E-state index in [1.807, 2.05) is 66.9 Å². The van der Waals surface area contributed by atoms with Gasteiger partial charge in [-0.25, -0.2) is 5.43 Å². The molecule has 0 atom stereocenters. The Morgan fingerprint density at radius 3 is 2.55 bits per heavy atom. The van der Waals surface area contributed by atoms with Crippen LogP contribution in [0.3, 0.4) is 0 Å². The van der Waals surface area contributed by atoms with Gasteiger partial charge in [-0.2, -0.15) is 5.10 Å². The lowest BCUT2D eigenvalue weighted by Gasteiger charge is -2.07. The number of methoxy groups -OCH3 is 1. The van der Waals surface area contributed by atoms with Gasteiger partial charge in [-0.15, -0.1) is 10.2 Å². The van der Waals surface area contributed by atoms with Crippen molar-refractivity contribution >= 4 is 23.9 Å². The Labute approximate surface area is 174 Å². The first-order chi connectivity index (χ1) is 14.1. The number of rotatable bonds is 8. The Morgan fingerprint density at radius 1 is 1.17 bits per heavy atom. The van der Waals surface area contributed by atoms with Gasteiger partial charge in [0.25, 0.3) is 5.91 Å². The molecular weight excluding hydrogens is 386 g/mol. The average molecular weight is 410 g/mol. The van der Waals surface area contributed by atoms with Gasteiger partial charge in [0.2, 0.25) is 0 Å². The van der Waals surface area contributed by atoms with Crippen LogP contribution in [0.15, 0.2) is 58.8 Å². The molecule has 0 aliphatic heterocycles. The molecule has 2 aromatic carbocycles. The highest BCUT2D eigenvalue weighted by Crippen LogP contribution is 2.24. The lowest BCUT2D eigenvalue weighted by Crippen LogP contribution is -2.20. The Kier molecular flexibility index (Phi) is 7.02. The summed E-state index contributed by atoms with van der Waals surface area (Å²) in [5.41, 5.74) is 5.60. The van der Waals surface area contributed by atoms with Gasteiger partial charge in [-0.1, -0.05) is 41.6 Å². The molecule has 3 aromatic rings. The minimum atomic E-state index is -0.206. The fraction of sp³-hybridized carbons (Fsp3) is 0.238. The predicted molar refractivity (Wildman–Crippen MR) is 115 cm³/mol. The number of benzene rings is 2. The number of carbonyl (C=O) groups excluding carboxylic acids is 1. The summed E-state index contributed by atoms with van der Waals surface area (Å²) in [6, 6.07) is 15.5. The quantitative estimate of drug-likeness (QED) is 0.350. The number of ether oxygens (including phenoxy) is 1. The number of hydrogen-bond acceptors (Lipinski definition) is 6. The number of nitrogens with zero attached hydrogens (tertiary/aromatic N) is 4. The molecule has 1 N–H and O–H groups in total. The zero-order chi connectivity index (χ0) is 20.6. The van der Waals surface area contributed by atoms with E-state index in [4.69, 9.17) is 4.74 Å². The molecule has 3 rings (SSSR count). The maximum atomic E-state index is 12.1. The molecule has 1 heterocycles. The van der Waals surface area contributed by atoms with Gasteiger partial charge in [-0.05, 0) is 43.7 Å². The zero-order valence-corrected chi connectivity index (χ0v) is 17.4. The highest BCUT2D eigenvalue weighted by atomic mass is 32.2. The van der Waals surface area contributed by atoms with Gasteiger partial charge >= 0.3 is 0 Å². The van der Waals surface area contributed by atoms with Crippen LogP contribution in [0.1, 0.15) is 18.1 Å². The smallest absolute Gasteiger partial charge is 0.250 e. The van der Waals surface area contributed by atoms with E-state index in [1.54, 1.807) is 13.3 Å². The van der Waals surface area contributed by atoms with E-state index in [0.29, 0.717) is 5.16 Å². The Morgan fingerprint density at radius 2 is 1.90 bits per heavy atom. The second-order valence-electron chi connectivity index (χ2n) is 6.27. The summed E-state index contributed by atoms with van der Waals surface area (Å²) in [5.74, 6) is 1.56. The summed E-state index contributed by atoms with van der Waals surface area (Å²) in [6.07, 6.45) is 1.59. The third-order valence-electron chi connectivity index (χ3n) is 4.19. The van der Waals surface area contributed by atoms with Crippen molar-refractivity contribution in [2.24, 2.45) is 5.10 Å². The van der Waals surface area contributed by atoms with E-state index in [1.165, 1.54) is 17.3 Å². The molecule has 0 spiro atoms. The Balaban J connectivity index is 1.57. The molecule has 1 amide bonds. The van der Waals surface area contributed by atoms with Crippen LogP contribution in [0.5, 0.6) is 5.75 Å². The van der Waals surface area contributed by atoms with Crippen molar-refractivity contribution in [1.82, 2.24) is 20.2 Å². The van der Waals surface area contributed by atoms with Crippen LogP contribution in [-0.4, -0.2) is 39.7 Å². The monoisotopic (exact) mass is 409 g/mol. The maximum Gasteiger partial charge on any atom is 0.250 e. The number of aryl methyl sites for hydroxylation is 1. The molecule has 7 nitrogen and oxygen atoms in total. The first-order valence-electron chi connectivity index (χ1n) is 9.19. The number of nitrogens with one attached hydrogen (secondary N) is 1. The summed E-state index contributed by atoms with van der Waals surface area (Å²) in [5, 5.41) is 13.2. The van der Waals surface area contributed by atoms with Crippen molar-refractivity contribution in [2.45, 2.75) is 25.5 Å². The van der Waals surface area contributed by atoms with E-state index >= 15 is 0 Å². The SMILES string of the molecule is CCn1c(SCC(=O)N/N=C\c2ccc(OC)cc2)nnc1-c1ccc(C)cc1. The zero-order valence-electron chi connectivity index (χ0n) is 16.6. The average Bonchev–Trinajstić information content (AvgIpc) is 3.16. The number of aromatic nitrogens is 3. The summed E-state index contributed by atoms with van der Waals surface area (Å²) < 4.78 is 7.11. The van der Waals surface area contributed by atoms with E-state index in [2.05, 4.69) is 20.7 Å². The molecule has 1 aromatic heterocycles. The highest BCUT2D eigenvalue weighted by Gasteiger charge is 2.14. The lowest BCUT2D eigenvalue weighted by atomic mass is 10.1. The maximum absolute atomic E-state index is 12.1. The fourth-order valence-electron chi connectivity index (χ4n) is 2.63. The minimum absolute atomic E-state index is 0.200. The Hall–Kier alpha value is -3.13. The third kappa shape index (κ3) is 5.45. The number of hydrogen-bond donors (Lipinski definition) is 1. The molecule has 0 aliphatic rings. The van der Waals surface area contributed by atoms with Gasteiger partial charge in [-0.3, -0.25) is 4.79 Å². The first kappa shape index (κ1) is 20.6. The van der Waals surface area contributed by atoms with Crippen molar-refractivity contribution in [3.8, 4) is 17.1 Å². The summed E-state index contributed by atoms with van der Waals surface area (Å²) in [7, 11) is 1.62. The van der Waals surface area contributed by atoms with E-state index in [9.17, 15) is 4.79 Å². The van der Waals surface area contributed by atoms with Crippen molar-refractivity contribution in [2.75, 3.05) is 12.9 Å². The largest absolute Gasteiger partial charge is 0.497 e. The third-order valence-corrected chi connectivity index (χ3v) is 5.16. The number of thioether (sulfide) groups is 1. The topological polar surface area (TPSA) is 81.4 Å². The standard InChI is InChI=1S/C21H23N5O2S/c1-4-26-20(17-9-5-15(2)6-10-17)24-25-21(26)29-14-19(27)23-22-13-16-7-11-18(28-3)12-8-16/h5-13H,4,14H2,1-3H3,(H,23,27)/b22-13-. The molecule has 0 fully saturated rings. The fourth-order valence-corrected chi connectivity index (χ4v) is 3.42. The molecule has 0 unspecified atom stereocenters. The van der Waals surface area contributed by atoms with Gasteiger partial charge in [0, 0.05) is 12.1 Å². The number of amides is 1. The molecular formula is C21H23N5O2S. The van der Waals surface area contributed by atoms with E-state index < -0.39 is 0 Å². The normalized spacial score (nSPS) is 11.0. The van der Waals surface area contributed by atoms with E-state index in [-0.39, 0.29) is 11.7 Å². The predicted octanol–water partition coefficient (Wildman–Crippen LogP) is 3.52. The van der Waals surface area contributed by atoms with Crippen LogP contribution in [-0.2, 0) is 11.3 Å². The molecule has 150 valence electrons. The van der Waals surface area contributed by atoms with Gasteiger partial charge < -0.3 is 9.30 Å². The lowest BCUT2D eigenvalue weighted by molar-refractivity contribution is -0.118. The van der Waals surface area contributed by atoms with Gasteiger partial charge in [0.05, 0.1) is 19.1 Å². The second-order valence-corrected chi connectivity index (χ2v) is 7.21. The van der Waals surface area contributed by atoms with Crippen molar-refractivity contribution in [3.05, 3.63) is 59.7 Å². The van der Waals surface area contributed by atoms with Crippen LogP contribution in [0.2, 0.25) is 0 Å². The van der Waals surface area contributed by atoms with Gasteiger partial charge in [0.15, 0.2) is 11.0 Å². The van der Waals surface area contributed by atoms with Crippen molar-refractivity contribution in [1.29, 1.82) is 0 Å². The molecule has 0 aliphatic carbocycles. The first-order valence-corrected chi connectivity index (χ1v) is 10.2. The molecule has 0 saturated carbocycles. The van der Waals surface area contributed by atoms with Crippen LogP contribution < -0.4 is 10.2 Å². The second kappa shape index (κ2) is 9.88. The Bertz CT molecular complexity index is 981. The molecule has 0 radical (unpaired) electrons. The van der Waals surface area contributed by atoms with E-state index in [0.717, 1.165) is 29.2 Å². The van der Waals surface area contributed by atoms with Gasteiger partial charge in [0.1, 0.15) is 5.75 Å². The molecule has 8 heteroatoms. The molecule has 29 heavy (non-hydrogen) atoms. The summed E-state index contributed by atoms with van der Waals surface area (Å²) >= 11 is 1.34. The summed E-state index contributed by atoms with van der Waals surface area (Å²) in [6.45, 7) is 4.80. The van der Waals surface area contributed by atoms with Crippen LogP contribution in [0, 0.1) is 6.92 Å². The number of hydrazone groups is 1. The van der Waals surface area contributed by atoms with Crippen molar-refractivity contribution < 1.29 is 9.53 Å². The minimum Gasteiger partial charge on any atom is -0.497 e. The summed E-state index contributed by atoms with van der Waals surface area (Å²) in [4.78, 5) is 12.1. The highest BCUT2D eigenvalue weighted by molar-refractivity contribution is 7.99.